The lowest BCUT2D eigenvalue weighted by Crippen LogP contribution is -2.43. The number of hydrogen-bond acceptors (Lipinski definition) is 4. The fourth-order valence-corrected chi connectivity index (χ4v) is 3.39. The summed E-state index contributed by atoms with van der Waals surface area (Å²) in [5.74, 6) is -1.21. The highest BCUT2D eigenvalue weighted by molar-refractivity contribution is 7.90. The first-order chi connectivity index (χ1) is 10.6. The molecule has 1 saturated carbocycles. The number of rotatable bonds is 6. The molecule has 2 rings (SSSR count). The van der Waals surface area contributed by atoms with Gasteiger partial charge in [0.05, 0.1) is 16.4 Å². The summed E-state index contributed by atoms with van der Waals surface area (Å²) in [5, 5.41) is 12.0. The van der Waals surface area contributed by atoms with Gasteiger partial charge in [0.2, 0.25) is 5.91 Å². The molecule has 1 unspecified atom stereocenters. The summed E-state index contributed by atoms with van der Waals surface area (Å²) < 4.78 is 22.9. The van der Waals surface area contributed by atoms with Gasteiger partial charge in [-0.05, 0) is 37.5 Å². The van der Waals surface area contributed by atoms with Crippen LogP contribution < -0.4 is 5.32 Å². The second-order valence-corrected chi connectivity index (χ2v) is 8.26. The van der Waals surface area contributed by atoms with Gasteiger partial charge in [-0.3, -0.25) is 9.59 Å². The molecule has 1 aromatic carbocycles. The summed E-state index contributed by atoms with van der Waals surface area (Å²) >= 11 is 0. The van der Waals surface area contributed by atoms with Gasteiger partial charge in [0.25, 0.3) is 0 Å². The Hall–Kier alpha value is -1.89. The number of carboxylic acids is 1. The Morgan fingerprint density at radius 2 is 1.83 bits per heavy atom. The van der Waals surface area contributed by atoms with E-state index in [4.69, 9.17) is 0 Å². The van der Waals surface area contributed by atoms with E-state index >= 15 is 0 Å². The summed E-state index contributed by atoms with van der Waals surface area (Å²) in [5.41, 5.74) is -0.145. The number of amides is 1. The first-order valence-electron chi connectivity index (χ1n) is 7.47. The maximum absolute atomic E-state index is 12.1. The fraction of sp³-hybridized carbons (Fsp3) is 0.500. The van der Waals surface area contributed by atoms with Crippen LogP contribution in [0.4, 0.5) is 0 Å². The topological polar surface area (TPSA) is 101 Å². The number of hydrogen-bond donors (Lipinski definition) is 2. The molecular formula is C16H21NO5S. The van der Waals surface area contributed by atoms with Crippen LogP contribution in [0.5, 0.6) is 0 Å². The van der Waals surface area contributed by atoms with Gasteiger partial charge >= 0.3 is 5.97 Å². The minimum atomic E-state index is -3.25. The molecule has 1 aromatic rings. The molecule has 0 bridgehead atoms. The maximum Gasteiger partial charge on any atom is 0.310 e. The van der Waals surface area contributed by atoms with Crippen LogP contribution in [0.3, 0.4) is 0 Å². The molecule has 2 N–H and O–H groups in total. The molecule has 1 aliphatic rings. The predicted octanol–water partition coefficient (Wildman–Crippen LogP) is 1.91. The molecule has 0 heterocycles. The highest BCUT2D eigenvalue weighted by atomic mass is 32.2. The largest absolute Gasteiger partial charge is 0.481 e. The Kier molecular flexibility index (Phi) is 4.79. The molecule has 1 aliphatic carbocycles. The summed E-state index contributed by atoms with van der Waals surface area (Å²) in [7, 11) is -3.25. The molecular weight excluding hydrogens is 318 g/mol. The molecule has 0 aromatic heterocycles. The Morgan fingerprint density at radius 1 is 1.26 bits per heavy atom. The monoisotopic (exact) mass is 339 g/mol. The highest BCUT2D eigenvalue weighted by Crippen LogP contribution is 2.44. The number of carbonyl (C=O) groups excluding carboxylic acids is 1. The van der Waals surface area contributed by atoms with Crippen molar-refractivity contribution in [2.45, 2.75) is 43.5 Å². The van der Waals surface area contributed by atoms with Crippen molar-refractivity contribution in [2.75, 3.05) is 6.26 Å². The summed E-state index contributed by atoms with van der Waals surface area (Å²) in [6, 6.07) is 5.98. The van der Waals surface area contributed by atoms with Crippen molar-refractivity contribution in [1.29, 1.82) is 0 Å². The van der Waals surface area contributed by atoms with E-state index in [1.54, 1.807) is 19.1 Å². The average molecular weight is 339 g/mol. The quantitative estimate of drug-likeness (QED) is 0.824. The van der Waals surface area contributed by atoms with Gasteiger partial charge in [0.15, 0.2) is 9.84 Å². The minimum absolute atomic E-state index is 0.0197. The van der Waals surface area contributed by atoms with Gasteiger partial charge in [-0.25, -0.2) is 8.42 Å². The lowest BCUT2D eigenvalue weighted by molar-refractivity contribution is -0.157. The van der Waals surface area contributed by atoms with E-state index in [0.29, 0.717) is 12.8 Å². The van der Waals surface area contributed by atoms with Crippen molar-refractivity contribution in [3.8, 4) is 0 Å². The zero-order valence-electron chi connectivity index (χ0n) is 13.2. The lowest BCUT2D eigenvalue weighted by atomic mass is 9.66. The Labute approximate surface area is 135 Å². The van der Waals surface area contributed by atoms with Gasteiger partial charge < -0.3 is 10.4 Å². The van der Waals surface area contributed by atoms with E-state index in [1.165, 1.54) is 12.1 Å². The van der Waals surface area contributed by atoms with Crippen molar-refractivity contribution in [1.82, 2.24) is 5.32 Å². The first-order valence-corrected chi connectivity index (χ1v) is 9.36. The third kappa shape index (κ3) is 3.90. The molecule has 23 heavy (non-hydrogen) atoms. The van der Waals surface area contributed by atoms with Crippen LogP contribution in [0.2, 0.25) is 0 Å². The molecule has 0 aliphatic heterocycles. The Morgan fingerprint density at radius 3 is 2.22 bits per heavy atom. The van der Waals surface area contributed by atoms with Gasteiger partial charge in [0, 0.05) is 12.7 Å². The van der Waals surface area contributed by atoms with Crippen LogP contribution in [-0.2, 0) is 19.4 Å². The van der Waals surface area contributed by atoms with Crippen molar-refractivity contribution in [3.05, 3.63) is 29.8 Å². The lowest BCUT2D eigenvalue weighted by Gasteiger charge is -2.37. The Balaban J connectivity index is 2.00. The number of benzene rings is 1. The van der Waals surface area contributed by atoms with E-state index in [-0.39, 0.29) is 23.3 Å². The normalized spacial score (nSPS) is 17.8. The van der Waals surface area contributed by atoms with Crippen LogP contribution in [0.1, 0.15) is 44.2 Å². The molecule has 6 nitrogen and oxygen atoms in total. The van der Waals surface area contributed by atoms with Crippen LogP contribution in [0, 0.1) is 5.41 Å². The van der Waals surface area contributed by atoms with E-state index in [2.05, 4.69) is 5.32 Å². The van der Waals surface area contributed by atoms with Crippen LogP contribution in [0.25, 0.3) is 0 Å². The van der Waals surface area contributed by atoms with E-state index in [9.17, 15) is 23.1 Å². The molecule has 0 spiro atoms. The fourth-order valence-electron chi connectivity index (χ4n) is 2.76. The van der Waals surface area contributed by atoms with Gasteiger partial charge in [-0.15, -0.1) is 0 Å². The smallest absolute Gasteiger partial charge is 0.310 e. The van der Waals surface area contributed by atoms with Gasteiger partial charge in [-0.2, -0.15) is 0 Å². The Bertz CT molecular complexity index is 704. The van der Waals surface area contributed by atoms with Crippen molar-refractivity contribution < 1.29 is 23.1 Å². The van der Waals surface area contributed by atoms with E-state index < -0.39 is 21.2 Å². The molecule has 7 heteroatoms. The van der Waals surface area contributed by atoms with Crippen LogP contribution >= 0.6 is 0 Å². The zero-order valence-corrected chi connectivity index (χ0v) is 14.0. The van der Waals surface area contributed by atoms with Crippen molar-refractivity contribution in [2.24, 2.45) is 5.41 Å². The molecule has 0 radical (unpaired) electrons. The number of sulfone groups is 1. The van der Waals surface area contributed by atoms with Crippen molar-refractivity contribution >= 4 is 21.7 Å². The number of nitrogens with one attached hydrogen (secondary N) is 1. The molecule has 1 atom stereocenters. The van der Waals surface area contributed by atoms with Crippen molar-refractivity contribution in [3.63, 3.8) is 0 Å². The SMILES string of the molecule is CC(NC(=O)CC1(C(=O)O)CCC1)c1ccc(S(C)(=O)=O)cc1. The third-order valence-corrected chi connectivity index (χ3v) is 5.58. The third-order valence-electron chi connectivity index (χ3n) is 4.45. The second kappa shape index (κ2) is 6.31. The second-order valence-electron chi connectivity index (χ2n) is 6.25. The number of carbonyl (C=O) groups is 2. The number of carboxylic acid groups (broad SMARTS) is 1. The van der Waals surface area contributed by atoms with Crippen LogP contribution in [0.15, 0.2) is 29.2 Å². The van der Waals surface area contributed by atoms with Gasteiger partial charge in [0.1, 0.15) is 0 Å². The first kappa shape index (κ1) is 17.5. The molecule has 0 saturated heterocycles. The molecule has 1 fully saturated rings. The minimum Gasteiger partial charge on any atom is -0.481 e. The number of aliphatic carboxylic acids is 1. The van der Waals surface area contributed by atoms with E-state index in [0.717, 1.165) is 18.2 Å². The standard InChI is InChI=1S/C16H21NO5S/c1-11(12-4-6-13(7-5-12)23(2,21)22)17-14(18)10-16(15(19)20)8-3-9-16/h4-7,11H,3,8-10H2,1-2H3,(H,17,18)(H,19,20). The summed E-state index contributed by atoms with van der Waals surface area (Å²) in [6.07, 6.45) is 3.02. The van der Waals surface area contributed by atoms with E-state index in [1.807, 2.05) is 0 Å². The van der Waals surface area contributed by atoms with Crippen LogP contribution in [-0.4, -0.2) is 31.7 Å². The maximum atomic E-state index is 12.1. The molecule has 1 amide bonds. The highest BCUT2D eigenvalue weighted by Gasteiger charge is 2.45. The molecule has 126 valence electrons. The zero-order chi connectivity index (χ0) is 17.3. The predicted molar refractivity (Wildman–Crippen MR) is 84.6 cm³/mol. The summed E-state index contributed by atoms with van der Waals surface area (Å²) in [4.78, 5) is 23.6. The average Bonchev–Trinajstić information content (AvgIpc) is 2.41. The summed E-state index contributed by atoms with van der Waals surface area (Å²) in [6.45, 7) is 1.78. The van der Waals surface area contributed by atoms with Gasteiger partial charge in [-0.1, -0.05) is 18.6 Å².